The summed E-state index contributed by atoms with van der Waals surface area (Å²) in [6.45, 7) is 5.25. The number of carbonyl (C=O) groups is 3. The lowest BCUT2D eigenvalue weighted by Crippen LogP contribution is -2.27. The lowest BCUT2D eigenvalue weighted by molar-refractivity contribution is 0.0634. The number of benzene rings is 3. The van der Waals surface area contributed by atoms with Crippen molar-refractivity contribution in [2.45, 2.75) is 32.3 Å². The van der Waals surface area contributed by atoms with E-state index in [9.17, 15) is 19.5 Å². The quantitative estimate of drug-likeness (QED) is 0.412. The van der Waals surface area contributed by atoms with Gasteiger partial charge in [-0.1, -0.05) is 48.5 Å². The number of nitrogens with one attached hydrogen (secondary N) is 2. The summed E-state index contributed by atoms with van der Waals surface area (Å²) in [7, 11) is 0. The highest BCUT2D eigenvalue weighted by Crippen LogP contribution is 2.44. The fourth-order valence-corrected chi connectivity index (χ4v) is 4.05. The van der Waals surface area contributed by atoms with Gasteiger partial charge in [0, 0.05) is 5.92 Å². The minimum absolute atomic E-state index is 0.0614. The molecule has 8 nitrogen and oxygen atoms in total. The second-order valence-electron chi connectivity index (χ2n) is 9.14. The second kappa shape index (κ2) is 9.50. The van der Waals surface area contributed by atoms with Crippen molar-refractivity contribution in [3.63, 3.8) is 0 Å². The van der Waals surface area contributed by atoms with Gasteiger partial charge in [0.25, 0.3) is 0 Å². The molecule has 0 heterocycles. The number of ether oxygens (including phenoxy) is 2. The van der Waals surface area contributed by atoms with E-state index in [0.29, 0.717) is 0 Å². The summed E-state index contributed by atoms with van der Waals surface area (Å²) in [5, 5.41) is 14.4. The Labute approximate surface area is 202 Å². The zero-order valence-corrected chi connectivity index (χ0v) is 19.6. The van der Waals surface area contributed by atoms with E-state index in [4.69, 9.17) is 9.47 Å². The largest absolute Gasteiger partial charge is 0.478 e. The van der Waals surface area contributed by atoms with Crippen LogP contribution in [-0.2, 0) is 9.47 Å². The number of fused-ring (bicyclic) bond motifs is 3. The van der Waals surface area contributed by atoms with Crippen LogP contribution < -0.4 is 10.6 Å². The van der Waals surface area contributed by atoms with E-state index in [1.54, 1.807) is 20.8 Å². The van der Waals surface area contributed by atoms with Crippen molar-refractivity contribution in [3.05, 3.63) is 83.4 Å². The molecule has 0 fully saturated rings. The molecule has 1 aliphatic carbocycles. The van der Waals surface area contributed by atoms with Crippen LogP contribution in [0.2, 0.25) is 0 Å². The SMILES string of the molecule is CC(C)(C)OC(=O)Nc1ccc(C(=O)O)cc1NC(=O)OCC1c2ccccc2-c2ccccc21. The molecule has 1 aliphatic rings. The molecule has 4 rings (SSSR count). The Balaban J connectivity index is 1.50. The molecule has 3 aromatic carbocycles. The number of carboxylic acid groups (broad SMARTS) is 1. The molecule has 3 aromatic rings. The van der Waals surface area contributed by atoms with E-state index in [1.807, 2.05) is 48.5 Å². The first kappa shape index (κ1) is 23.8. The number of amides is 2. The van der Waals surface area contributed by atoms with Gasteiger partial charge in [0.1, 0.15) is 12.2 Å². The molecule has 0 saturated carbocycles. The van der Waals surface area contributed by atoms with E-state index < -0.39 is 23.8 Å². The normalized spacial score (nSPS) is 12.3. The van der Waals surface area contributed by atoms with Gasteiger partial charge in [-0.3, -0.25) is 10.6 Å². The summed E-state index contributed by atoms with van der Waals surface area (Å²) in [5.74, 6) is -1.30. The van der Waals surface area contributed by atoms with Gasteiger partial charge in [0.15, 0.2) is 0 Å². The van der Waals surface area contributed by atoms with Crippen molar-refractivity contribution in [2.75, 3.05) is 17.2 Å². The van der Waals surface area contributed by atoms with Crippen LogP contribution in [0.4, 0.5) is 21.0 Å². The maximum Gasteiger partial charge on any atom is 0.412 e. The minimum Gasteiger partial charge on any atom is -0.478 e. The van der Waals surface area contributed by atoms with Gasteiger partial charge in [-0.2, -0.15) is 0 Å². The van der Waals surface area contributed by atoms with Crippen LogP contribution in [0.3, 0.4) is 0 Å². The Morgan fingerprint density at radius 3 is 1.97 bits per heavy atom. The van der Waals surface area contributed by atoms with Crippen molar-refractivity contribution >= 4 is 29.5 Å². The highest BCUT2D eigenvalue weighted by Gasteiger charge is 2.29. The number of anilines is 2. The number of carbonyl (C=O) groups excluding carboxylic acids is 2. The summed E-state index contributed by atoms with van der Waals surface area (Å²) in [5.41, 5.74) is 3.82. The Kier molecular flexibility index (Phi) is 6.46. The highest BCUT2D eigenvalue weighted by molar-refractivity contribution is 5.98. The number of hydrogen-bond donors (Lipinski definition) is 3. The standard InChI is InChI=1S/C27H26N2O6/c1-27(2,3)35-26(33)28-22-13-12-16(24(30)31)14-23(22)29-25(32)34-15-21-19-10-6-4-8-17(19)18-9-5-7-11-20(18)21/h4-14,21H,15H2,1-3H3,(H,28,33)(H,29,32)(H,30,31). The molecular formula is C27H26N2O6. The molecule has 0 spiro atoms. The third-order valence-electron chi connectivity index (χ3n) is 5.48. The van der Waals surface area contributed by atoms with Crippen LogP contribution in [-0.4, -0.2) is 35.5 Å². The van der Waals surface area contributed by atoms with Gasteiger partial charge in [-0.05, 0) is 61.2 Å². The topological polar surface area (TPSA) is 114 Å². The summed E-state index contributed by atoms with van der Waals surface area (Å²) < 4.78 is 10.8. The zero-order valence-electron chi connectivity index (χ0n) is 19.6. The molecular weight excluding hydrogens is 448 g/mol. The van der Waals surface area contributed by atoms with Crippen molar-refractivity contribution in [2.24, 2.45) is 0 Å². The summed E-state index contributed by atoms with van der Waals surface area (Å²) in [6.07, 6.45) is -1.52. The van der Waals surface area contributed by atoms with Crippen LogP contribution in [0, 0.1) is 0 Å². The van der Waals surface area contributed by atoms with Crippen molar-refractivity contribution in [1.29, 1.82) is 0 Å². The van der Waals surface area contributed by atoms with Crippen molar-refractivity contribution in [1.82, 2.24) is 0 Å². The zero-order chi connectivity index (χ0) is 25.2. The lowest BCUT2D eigenvalue weighted by atomic mass is 9.98. The van der Waals surface area contributed by atoms with E-state index in [-0.39, 0.29) is 29.5 Å². The molecule has 180 valence electrons. The van der Waals surface area contributed by atoms with Crippen LogP contribution in [0.15, 0.2) is 66.7 Å². The maximum absolute atomic E-state index is 12.7. The number of carboxylic acids is 1. The fraction of sp³-hybridized carbons (Fsp3) is 0.222. The first-order valence-corrected chi connectivity index (χ1v) is 11.1. The summed E-state index contributed by atoms with van der Waals surface area (Å²) >= 11 is 0. The smallest absolute Gasteiger partial charge is 0.412 e. The van der Waals surface area contributed by atoms with Crippen molar-refractivity contribution < 1.29 is 29.0 Å². The van der Waals surface area contributed by atoms with E-state index in [2.05, 4.69) is 10.6 Å². The average Bonchev–Trinajstić information content (AvgIpc) is 3.11. The van der Waals surface area contributed by atoms with E-state index >= 15 is 0 Å². The molecule has 0 aromatic heterocycles. The first-order chi connectivity index (χ1) is 16.6. The highest BCUT2D eigenvalue weighted by atomic mass is 16.6. The van der Waals surface area contributed by atoms with Gasteiger partial charge < -0.3 is 14.6 Å². The van der Waals surface area contributed by atoms with Crippen LogP contribution in [0.5, 0.6) is 0 Å². The third kappa shape index (κ3) is 5.43. The Morgan fingerprint density at radius 1 is 0.829 bits per heavy atom. The predicted octanol–water partition coefficient (Wildman–Crippen LogP) is 6.09. The van der Waals surface area contributed by atoms with Gasteiger partial charge in [-0.25, -0.2) is 14.4 Å². The molecule has 8 heteroatoms. The Bertz CT molecular complexity index is 1250. The van der Waals surface area contributed by atoms with Gasteiger partial charge in [-0.15, -0.1) is 0 Å². The molecule has 0 aliphatic heterocycles. The molecule has 0 bridgehead atoms. The predicted molar refractivity (Wildman–Crippen MR) is 132 cm³/mol. The first-order valence-electron chi connectivity index (χ1n) is 11.1. The molecule has 2 amide bonds. The second-order valence-corrected chi connectivity index (χ2v) is 9.14. The minimum atomic E-state index is -1.18. The van der Waals surface area contributed by atoms with Crippen LogP contribution in [0.1, 0.15) is 48.2 Å². The molecule has 3 N–H and O–H groups in total. The number of hydrogen-bond acceptors (Lipinski definition) is 5. The fourth-order valence-electron chi connectivity index (χ4n) is 4.05. The molecule has 0 radical (unpaired) electrons. The van der Waals surface area contributed by atoms with Crippen molar-refractivity contribution in [3.8, 4) is 11.1 Å². The Morgan fingerprint density at radius 2 is 1.40 bits per heavy atom. The van der Waals surface area contributed by atoms with Gasteiger partial charge >= 0.3 is 18.2 Å². The number of aromatic carboxylic acids is 1. The molecule has 0 unspecified atom stereocenters. The average molecular weight is 475 g/mol. The van der Waals surface area contributed by atoms with Crippen LogP contribution in [0.25, 0.3) is 11.1 Å². The van der Waals surface area contributed by atoms with E-state index in [0.717, 1.165) is 22.3 Å². The van der Waals surface area contributed by atoms with E-state index in [1.165, 1.54) is 18.2 Å². The van der Waals surface area contributed by atoms with Gasteiger partial charge in [0.2, 0.25) is 0 Å². The summed E-state index contributed by atoms with van der Waals surface area (Å²) in [4.78, 5) is 36.4. The Hall–Kier alpha value is -4.33. The third-order valence-corrected chi connectivity index (χ3v) is 5.48. The van der Waals surface area contributed by atoms with Crippen LogP contribution >= 0.6 is 0 Å². The number of rotatable bonds is 5. The lowest BCUT2D eigenvalue weighted by Gasteiger charge is -2.21. The summed E-state index contributed by atoms with van der Waals surface area (Å²) in [6, 6.07) is 19.9. The molecule has 0 atom stereocenters. The maximum atomic E-state index is 12.7. The molecule has 0 saturated heterocycles. The monoisotopic (exact) mass is 474 g/mol. The van der Waals surface area contributed by atoms with Gasteiger partial charge in [0.05, 0.1) is 16.9 Å². The molecule has 35 heavy (non-hydrogen) atoms.